The Morgan fingerprint density at radius 3 is 2.38 bits per heavy atom. The highest BCUT2D eigenvalue weighted by molar-refractivity contribution is 7.12. The van der Waals surface area contributed by atoms with Crippen molar-refractivity contribution >= 4 is 23.0 Å². The Morgan fingerprint density at radius 1 is 0.938 bits per heavy atom. The minimum Gasteiger partial charge on any atom is -0.493 e. The molecule has 0 aliphatic carbocycles. The SMILES string of the molecule is COc1ccc(C2=NN(C(=O)c3cccs3)[C@H](c3cccc(OC)c3OC)C2)cc1OC. The Hall–Kier alpha value is -3.52. The molecule has 1 atom stereocenters. The second-order valence-electron chi connectivity index (χ2n) is 7.05. The van der Waals surface area contributed by atoms with E-state index >= 15 is 0 Å². The van der Waals surface area contributed by atoms with E-state index in [0.29, 0.717) is 34.3 Å². The van der Waals surface area contributed by atoms with Crippen LogP contribution in [0.5, 0.6) is 23.0 Å². The van der Waals surface area contributed by atoms with Gasteiger partial charge in [0.05, 0.1) is 45.1 Å². The molecule has 4 rings (SSSR count). The second kappa shape index (κ2) is 9.32. The zero-order chi connectivity index (χ0) is 22.7. The van der Waals surface area contributed by atoms with E-state index in [9.17, 15) is 4.79 Å². The number of methoxy groups -OCH3 is 4. The number of nitrogens with zero attached hydrogens (tertiary/aromatic N) is 2. The minimum absolute atomic E-state index is 0.162. The molecule has 2 heterocycles. The van der Waals surface area contributed by atoms with Crippen LogP contribution in [0.1, 0.15) is 33.3 Å². The zero-order valence-electron chi connectivity index (χ0n) is 18.3. The molecule has 2 aromatic carbocycles. The zero-order valence-corrected chi connectivity index (χ0v) is 19.1. The van der Waals surface area contributed by atoms with E-state index in [2.05, 4.69) is 0 Å². The van der Waals surface area contributed by atoms with Gasteiger partial charge in [-0.2, -0.15) is 5.10 Å². The highest BCUT2D eigenvalue weighted by atomic mass is 32.1. The number of carbonyl (C=O) groups excluding carboxylic acids is 1. The first-order valence-corrected chi connectivity index (χ1v) is 10.9. The van der Waals surface area contributed by atoms with Crippen molar-refractivity contribution in [3.63, 3.8) is 0 Å². The average molecular weight is 453 g/mol. The number of amides is 1. The van der Waals surface area contributed by atoms with Crippen LogP contribution in [0.15, 0.2) is 59.0 Å². The summed E-state index contributed by atoms with van der Waals surface area (Å²) in [4.78, 5) is 14.0. The van der Waals surface area contributed by atoms with Crippen LogP contribution in [0.25, 0.3) is 0 Å². The monoisotopic (exact) mass is 452 g/mol. The standard InChI is InChI=1S/C24H24N2O5S/c1-28-19-11-10-15(13-21(19)30-3)17-14-18(16-7-5-8-20(29-2)23(16)31-4)26(25-17)24(27)22-9-6-12-32-22/h5-13,18H,14H2,1-4H3/t18-/m0/s1. The van der Waals surface area contributed by atoms with Crippen molar-refractivity contribution in [1.82, 2.24) is 5.01 Å². The van der Waals surface area contributed by atoms with Crippen LogP contribution < -0.4 is 18.9 Å². The molecule has 32 heavy (non-hydrogen) atoms. The van der Waals surface area contributed by atoms with Gasteiger partial charge in [0.2, 0.25) is 0 Å². The summed E-state index contributed by atoms with van der Waals surface area (Å²) in [5.74, 6) is 2.27. The molecule has 0 spiro atoms. The molecule has 1 aliphatic rings. The van der Waals surface area contributed by atoms with Crippen molar-refractivity contribution in [3.05, 3.63) is 69.9 Å². The number of hydrogen-bond donors (Lipinski definition) is 0. The molecule has 0 radical (unpaired) electrons. The number of rotatable bonds is 7. The number of carbonyl (C=O) groups is 1. The first-order valence-electron chi connectivity index (χ1n) is 9.99. The van der Waals surface area contributed by atoms with E-state index in [-0.39, 0.29) is 11.9 Å². The van der Waals surface area contributed by atoms with E-state index in [4.69, 9.17) is 24.0 Å². The van der Waals surface area contributed by atoms with E-state index in [0.717, 1.165) is 16.8 Å². The van der Waals surface area contributed by atoms with Crippen LogP contribution in [0.3, 0.4) is 0 Å². The fourth-order valence-electron chi connectivity index (χ4n) is 3.82. The lowest BCUT2D eigenvalue weighted by atomic mass is 9.97. The lowest BCUT2D eigenvalue weighted by Crippen LogP contribution is -2.26. The molecule has 0 N–H and O–H groups in total. The topological polar surface area (TPSA) is 69.6 Å². The predicted molar refractivity (Wildman–Crippen MR) is 123 cm³/mol. The molecule has 1 aliphatic heterocycles. The van der Waals surface area contributed by atoms with Gasteiger partial charge in [-0.3, -0.25) is 4.79 Å². The van der Waals surface area contributed by atoms with Gasteiger partial charge in [-0.15, -0.1) is 11.3 Å². The molecular weight excluding hydrogens is 428 g/mol. The molecule has 0 saturated heterocycles. The fraction of sp³-hybridized carbons (Fsp3) is 0.250. The Balaban J connectivity index is 1.79. The van der Waals surface area contributed by atoms with Crippen molar-refractivity contribution in [2.24, 2.45) is 5.10 Å². The Bertz CT molecular complexity index is 1140. The van der Waals surface area contributed by atoms with Crippen LogP contribution >= 0.6 is 11.3 Å². The third kappa shape index (κ3) is 3.89. The van der Waals surface area contributed by atoms with Gasteiger partial charge in [0.15, 0.2) is 23.0 Å². The first-order chi connectivity index (χ1) is 15.6. The first kappa shape index (κ1) is 21.7. The number of hydrogen-bond acceptors (Lipinski definition) is 7. The Morgan fingerprint density at radius 2 is 1.72 bits per heavy atom. The van der Waals surface area contributed by atoms with Gasteiger partial charge in [0.1, 0.15) is 0 Å². The minimum atomic E-state index is -0.349. The van der Waals surface area contributed by atoms with Crippen LogP contribution in [0.2, 0.25) is 0 Å². The molecule has 0 bridgehead atoms. The van der Waals surface area contributed by atoms with Crippen molar-refractivity contribution < 1.29 is 23.7 Å². The summed E-state index contributed by atoms with van der Waals surface area (Å²) in [6.45, 7) is 0. The van der Waals surface area contributed by atoms with E-state index < -0.39 is 0 Å². The van der Waals surface area contributed by atoms with Gasteiger partial charge in [-0.25, -0.2) is 5.01 Å². The largest absolute Gasteiger partial charge is 0.493 e. The Kier molecular flexibility index (Phi) is 6.32. The maximum Gasteiger partial charge on any atom is 0.284 e. The number of hydrazone groups is 1. The van der Waals surface area contributed by atoms with Crippen molar-refractivity contribution in [1.29, 1.82) is 0 Å². The quantitative estimate of drug-likeness (QED) is 0.516. The molecule has 0 saturated carbocycles. The normalized spacial score (nSPS) is 15.3. The summed E-state index contributed by atoms with van der Waals surface area (Å²) in [5.41, 5.74) is 2.46. The lowest BCUT2D eigenvalue weighted by Gasteiger charge is -2.24. The van der Waals surface area contributed by atoms with Crippen LogP contribution in [-0.2, 0) is 0 Å². The summed E-state index contributed by atoms with van der Waals surface area (Å²) in [7, 11) is 6.38. The molecule has 8 heteroatoms. The lowest BCUT2D eigenvalue weighted by molar-refractivity contribution is 0.0714. The van der Waals surface area contributed by atoms with E-state index in [1.165, 1.54) is 16.3 Å². The summed E-state index contributed by atoms with van der Waals surface area (Å²) in [6, 6.07) is 14.6. The van der Waals surface area contributed by atoms with Crippen molar-refractivity contribution in [2.45, 2.75) is 12.5 Å². The Labute approximate surface area is 190 Å². The van der Waals surface area contributed by atoms with Gasteiger partial charge in [-0.05, 0) is 35.7 Å². The third-order valence-electron chi connectivity index (χ3n) is 5.36. The van der Waals surface area contributed by atoms with Crippen LogP contribution in [0, 0.1) is 0 Å². The number of benzene rings is 2. The van der Waals surface area contributed by atoms with E-state index in [1.54, 1.807) is 34.5 Å². The number of thiophene rings is 1. The maximum atomic E-state index is 13.4. The summed E-state index contributed by atoms with van der Waals surface area (Å²) >= 11 is 1.39. The maximum absolute atomic E-state index is 13.4. The summed E-state index contributed by atoms with van der Waals surface area (Å²) in [5, 5.41) is 8.16. The highest BCUT2D eigenvalue weighted by Crippen LogP contribution is 2.43. The van der Waals surface area contributed by atoms with Gasteiger partial charge < -0.3 is 18.9 Å². The highest BCUT2D eigenvalue weighted by Gasteiger charge is 2.36. The van der Waals surface area contributed by atoms with Crippen LogP contribution in [-0.4, -0.2) is 45.1 Å². The molecule has 3 aromatic rings. The molecule has 166 valence electrons. The number of para-hydroxylation sites is 1. The predicted octanol–water partition coefficient (Wildman–Crippen LogP) is 4.77. The molecule has 0 fully saturated rings. The second-order valence-corrected chi connectivity index (χ2v) is 7.99. The third-order valence-corrected chi connectivity index (χ3v) is 6.22. The molecule has 0 unspecified atom stereocenters. The number of ether oxygens (including phenoxy) is 4. The smallest absolute Gasteiger partial charge is 0.284 e. The van der Waals surface area contributed by atoms with Crippen molar-refractivity contribution in [2.75, 3.05) is 28.4 Å². The van der Waals surface area contributed by atoms with Gasteiger partial charge in [0.25, 0.3) is 5.91 Å². The fourth-order valence-corrected chi connectivity index (χ4v) is 4.47. The molecule has 1 amide bonds. The van der Waals surface area contributed by atoms with Crippen molar-refractivity contribution in [3.8, 4) is 23.0 Å². The van der Waals surface area contributed by atoms with Crippen LogP contribution in [0.4, 0.5) is 0 Å². The molecular formula is C24H24N2O5S. The summed E-state index contributed by atoms with van der Waals surface area (Å²) < 4.78 is 21.9. The molecule has 1 aromatic heterocycles. The molecule has 7 nitrogen and oxygen atoms in total. The van der Waals surface area contributed by atoms with E-state index in [1.807, 2.05) is 47.8 Å². The van der Waals surface area contributed by atoms with Gasteiger partial charge >= 0.3 is 0 Å². The van der Waals surface area contributed by atoms with Gasteiger partial charge in [0, 0.05) is 17.5 Å². The average Bonchev–Trinajstić information content (AvgIpc) is 3.53. The summed E-state index contributed by atoms with van der Waals surface area (Å²) in [6.07, 6.45) is 0.510. The van der Waals surface area contributed by atoms with Gasteiger partial charge in [-0.1, -0.05) is 18.2 Å².